The Hall–Kier alpha value is -1.42. The lowest BCUT2D eigenvalue weighted by atomic mass is 9.43. The van der Waals surface area contributed by atoms with E-state index in [9.17, 15) is 19.8 Å². The number of allylic oxidation sites excluding steroid dienone is 3. The molecule has 29 heavy (non-hydrogen) atoms. The van der Waals surface area contributed by atoms with E-state index in [1.807, 2.05) is 0 Å². The molecule has 4 aliphatic carbocycles. The number of aliphatic hydroxyl groups excluding tert-OH is 1. The summed E-state index contributed by atoms with van der Waals surface area (Å²) in [5.41, 5.74) is 2.37. The zero-order valence-electron chi connectivity index (χ0n) is 18.3. The lowest BCUT2D eigenvalue weighted by Gasteiger charge is -2.61. The lowest BCUT2D eigenvalue weighted by Crippen LogP contribution is -2.57. The first-order valence-corrected chi connectivity index (χ1v) is 11.5. The number of carboxylic acid groups (broad SMARTS) is 1. The Morgan fingerprint density at radius 3 is 2.59 bits per heavy atom. The molecular weight excluding hydrogens is 364 g/mol. The van der Waals surface area contributed by atoms with Crippen molar-refractivity contribution < 1.29 is 19.8 Å². The van der Waals surface area contributed by atoms with Gasteiger partial charge in [-0.15, -0.1) is 0 Å². The van der Waals surface area contributed by atoms with Crippen LogP contribution < -0.4 is 0 Å². The van der Waals surface area contributed by atoms with Crippen LogP contribution in [0.15, 0.2) is 23.3 Å². The van der Waals surface area contributed by atoms with Crippen LogP contribution in [-0.2, 0) is 9.59 Å². The van der Waals surface area contributed by atoms with E-state index in [-0.39, 0.29) is 34.9 Å². The highest BCUT2D eigenvalue weighted by Gasteiger charge is 2.62. The number of aliphatic carboxylic acids is 1. The van der Waals surface area contributed by atoms with Gasteiger partial charge < -0.3 is 10.2 Å². The maximum absolute atomic E-state index is 12.6. The Balaban J connectivity index is 1.77. The van der Waals surface area contributed by atoms with Gasteiger partial charge >= 0.3 is 5.97 Å². The van der Waals surface area contributed by atoms with E-state index in [4.69, 9.17) is 0 Å². The molecule has 0 radical (unpaired) electrons. The largest absolute Gasteiger partial charge is 0.481 e. The number of carboxylic acids is 1. The molecule has 3 unspecified atom stereocenters. The summed E-state index contributed by atoms with van der Waals surface area (Å²) >= 11 is 0. The number of hydrogen-bond donors (Lipinski definition) is 2. The molecule has 0 saturated heterocycles. The van der Waals surface area contributed by atoms with Gasteiger partial charge in [-0.3, -0.25) is 9.59 Å². The molecule has 8 atom stereocenters. The highest BCUT2D eigenvalue weighted by atomic mass is 16.4. The molecule has 160 valence electrons. The molecule has 0 bridgehead atoms. The number of ketones is 1. The Morgan fingerprint density at radius 1 is 1.24 bits per heavy atom. The number of carbonyl (C=O) groups excluding carboxylic acids is 1. The maximum atomic E-state index is 12.6. The van der Waals surface area contributed by atoms with Crippen LogP contribution >= 0.6 is 0 Å². The van der Waals surface area contributed by atoms with Crippen molar-refractivity contribution in [3.63, 3.8) is 0 Å². The molecule has 0 aromatic rings. The molecule has 3 fully saturated rings. The van der Waals surface area contributed by atoms with E-state index >= 15 is 0 Å². The topological polar surface area (TPSA) is 74.6 Å². The minimum atomic E-state index is -0.901. The second-order valence-electron chi connectivity index (χ2n) is 10.5. The van der Waals surface area contributed by atoms with Gasteiger partial charge in [0.1, 0.15) is 6.10 Å². The average molecular weight is 401 g/mol. The van der Waals surface area contributed by atoms with Crippen molar-refractivity contribution in [2.45, 2.75) is 78.7 Å². The molecule has 0 amide bonds. The molecule has 4 nitrogen and oxygen atoms in total. The summed E-state index contributed by atoms with van der Waals surface area (Å²) in [5, 5.41) is 20.2. The molecule has 4 aliphatic rings. The summed E-state index contributed by atoms with van der Waals surface area (Å²) in [6, 6.07) is 0. The number of aliphatic hydroxyl groups is 1. The third kappa shape index (κ3) is 2.81. The van der Waals surface area contributed by atoms with E-state index in [0.29, 0.717) is 17.8 Å². The first-order valence-electron chi connectivity index (χ1n) is 11.5. The van der Waals surface area contributed by atoms with Gasteiger partial charge in [-0.05, 0) is 91.8 Å². The third-order valence-corrected chi connectivity index (χ3v) is 9.72. The number of rotatable bonds is 3. The van der Waals surface area contributed by atoms with Crippen LogP contribution in [0.2, 0.25) is 0 Å². The van der Waals surface area contributed by atoms with Gasteiger partial charge in [0, 0.05) is 17.8 Å². The van der Waals surface area contributed by atoms with Crippen molar-refractivity contribution in [2.24, 2.45) is 40.4 Å². The zero-order chi connectivity index (χ0) is 21.1. The molecule has 0 spiro atoms. The standard InChI is InChI=1S/C25H36O4/c1-5-14-11-16-18-8-7-15(12-22(27)28)24(18,3)10-9-19(16)25(4)17(6-2)23(29)21(26)13-20(14)25/h5,13,15-19,23,29H,6-12H2,1-4H3,(H,27,28)/t15?,16-,17?,18-,19+,23?,24+,25+/m0/s1. The van der Waals surface area contributed by atoms with Crippen molar-refractivity contribution in [1.29, 1.82) is 0 Å². The quantitative estimate of drug-likeness (QED) is 0.715. The normalized spacial score (nSPS) is 48.0. The van der Waals surface area contributed by atoms with Crippen molar-refractivity contribution in [1.82, 2.24) is 0 Å². The minimum Gasteiger partial charge on any atom is -0.481 e. The highest BCUT2D eigenvalue weighted by molar-refractivity contribution is 5.96. The molecule has 0 aromatic carbocycles. The highest BCUT2D eigenvalue weighted by Crippen LogP contribution is 2.69. The monoisotopic (exact) mass is 400 g/mol. The van der Waals surface area contributed by atoms with E-state index in [2.05, 4.69) is 33.8 Å². The molecule has 0 aliphatic heterocycles. The smallest absolute Gasteiger partial charge is 0.303 e. The van der Waals surface area contributed by atoms with E-state index in [1.165, 1.54) is 11.1 Å². The Labute approximate surface area is 174 Å². The molecule has 0 heterocycles. The van der Waals surface area contributed by atoms with Gasteiger partial charge in [-0.1, -0.05) is 26.8 Å². The van der Waals surface area contributed by atoms with Gasteiger partial charge in [0.05, 0.1) is 0 Å². The van der Waals surface area contributed by atoms with E-state index in [1.54, 1.807) is 6.08 Å². The molecule has 2 N–H and O–H groups in total. The third-order valence-electron chi connectivity index (χ3n) is 9.72. The predicted octanol–water partition coefficient (Wildman–Crippen LogP) is 4.77. The van der Waals surface area contributed by atoms with Crippen molar-refractivity contribution in [3.8, 4) is 0 Å². The van der Waals surface area contributed by atoms with Crippen molar-refractivity contribution in [3.05, 3.63) is 23.3 Å². The lowest BCUT2D eigenvalue weighted by molar-refractivity contribution is -0.141. The fourth-order valence-corrected chi connectivity index (χ4v) is 8.28. The zero-order valence-corrected chi connectivity index (χ0v) is 18.3. The molecule has 4 heteroatoms. The summed E-state index contributed by atoms with van der Waals surface area (Å²) in [4.78, 5) is 24.0. The SMILES string of the molecule is CC=C1C[C@@H]2[C@@H](CC[C@]3(C)C(CC(=O)O)CC[C@@H]23)[C@]2(C)C1=CC(=O)C(O)C2CC. The molecule has 4 rings (SSSR count). The molecule has 3 saturated carbocycles. The van der Waals surface area contributed by atoms with Crippen molar-refractivity contribution in [2.75, 3.05) is 0 Å². The van der Waals surface area contributed by atoms with E-state index < -0.39 is 12.1 Å². The van der Waals surface area contributed by atoms with E-state index in [0.717, 1.165) is 38.5 Å². The van der Waals surface area contributed by atoms with Crippen LogP contribution in [-0.4, -0.2) is 28.1 Å². The first-order chi connectivity index (χ1) is 13.7. The van der Waals surface area contributed by atoms with Crippen LogP contribution in [0.3, 0.4) is 0 Å². The number of fused-ring (bicyclic) bond motifs is 5. The number of hydrogen-bond acceptors (Lipinski definition) is 3. The second-order valence-corrected chi connectivity index (χ2v) is 10.5. The first kappa shape index (κ1) is 20.8. The Bertz CT molecular complexity index is 780. The van der Waals surface area contributed by atoms with Gasteiger partial charge in [0.2, 0.25) is 0 Å². The van der Waals surface area contributed by atoms with Gasteiger partial charge in [0.25, 0.3) is 0 Å². The van der Waals surface area contributed by atoms with Crippen molar-refractivity contribution >= 4 is 11.8 Å². The van der Waals surface area contributed by atoms with Crippen LogP contribution in [0.4, 0.5) is 0 Å². The molecular formula is C25H36O4. The van der Waals surface area contributed by atoms with Crippen LogP contribution in [0.1, 0.15) is 72.6 Å². The van der Waals surface area contributed by atoms with Crippen LogP contribution in [0.5, 0.6) is 0 Å². The Kier molecular flexibility index (Phi) is 5.08. The maximum Gasteiger partial charge on any atom is 0.303 e. The van der Waals surface area contributed by atoms with Crippen LogP contribution in [0.25, 0.3) is 0 Å². The second kappa shape index (κ2) is 7.08. The summed E-state index contributed by atoms with van der Waals surface area (Å²) in [7, 11) is 0. The van der Waals surface area contributed by atoms with Gasteiger partial charge in [0.15, 0.2) is 5.78 Å². The summed E-state index contributed by atoms with van der Waals surface area (Å²) < 4.78 is 0. The fraction of sp³-hybridized carbons (Fsp3) is 0.760. The summed E-state index contributed by atoms with van der Waals surface area (Å²) in [6.45, 7) is 8.81. The fourth-order valence-electron chi connectivity index (χ4n) is 8.28. The predicted molar refractivity (Wildman–Crippen MR) is 112 cm³/mol. The summed E-state index contributed by atoms with van der Waals surface area (Å²) in [6.07, 6.45) is 9.34. The van der Waals surface area contributed by atoms with Gasteiger partial charge in [-0.2, -0.15) is 0 Å². The average Bonchev–Trinajstić information content (AvgIpc) is 2.99. The molecule has 0 aromatic heterocycles. The Morgan fingerprint density at radius 2 is 1.97 bits per heavy atom. The van der Waals surface area contributed by atoms with Gasteiger partial charge in [-0.25, -0.2) is 0 Å². The summed E-state index contributed by atoms with van der Waals surface area (Å²) in [5.74, 6) is 0.913. The minimum absolute atomic E-state index is 0.0432. The van der Waals surface area contributed by atoms with Crippen LogP contribution in [0, 0.1) is 40.4 Å². The number of carbonyl (C=O) groups is 2.